The molecule has 0 spiro atoms. The third-order valence-corrected chi connectivity index (χ3v) is 5.66. The zero-order chi connectivity index (χ0) is 23.1. The van der Waals surface area contributed by atoms with Gasteiger partial charge >= 0.3 is 0 Å². The molecule has 3 rings (SSSR count). The highest BCUT2D eigenvalue weighted by Crippen LogP contribution is 2.24. The number of hydrogen-bond acceptors (Lipinski definition) is 6. The Kier molecular flexibility index (Phi) is 8.06. The predicted octanol–water partition coefficient (Wildman–Crippen LogP) is 3.84. The zero-order valence-electron chi connectivity index (χ0n) is 18.3. The number of anilines is 1. The van der Waals surface area contributed by atoms with Crippen LogP contribution in [-0.4, -0.2) is 41.7 Å². The Balaban J connectivity index is 1.77. The Morgan fingerprint density at radius 2 is 2.09 bits per heavy atom. The standard InChI is InChI=1S/C23H27ClN4O3S/c1-23(2,30-3)14-31-19-13-25-10-8-15(19)12-27-18-9-11-26-21(29)20(18)22(32)28-17-7-5-4-6-16(17)24/h4-8,10,13,27H,9,11-12,14H2,1-3H3,(H,26,29)(H,28,32). The van der Waals surface area contributed by atoms with Gasteiger partial charge in [0.15, 0.2) is 0 Å². The van der Waals surface area contributed by atoms with Crippen molar-refractivity contribution in [3.05, 3.63) is 64.6 Å². The van der Waals surface area contributed by atoms with Crippen LogP contribution < -0.4 is 20.7 Å². The topological polar surface area (TPSA) is 84.5 Å². The number of carbonyl (C=O) groups is 1. The summed E-state index contributed by atoms with van der Waals surface area (Å²) >= 11 is 11.8. The van der Waals surface area contributed by atoms with Gasteiger partial charge < -0.3 is 25.4 Å². The number of ether oxygens (including phenoxy) is 2. The second-order valence-corrected chi connectivity index (χ2v) is 8.70. The average molecular weight is 475 g/mol. The van der Waals surface area contributed by atoms with Gasteiger partial charge in [-0.15, -0.1) is 0 Å². The molecule has 1 amide bonds. The van der Waals surface area contributed by atoms with E-state index in [1.807, 2.05) is 38.1 Å². The molecule has 0 atom stereocenters. The summed E-state index contributed by atoms with van der Waals surface area (Å²) in [5.74, 6) is 0.431. The van der Waals surface area contributed by atoms with Crippen molar-refractivity contribution in [2.24, 2.45) is 0 Å². The summed E-state index contributed by atoms with van der Waals surface area (Å²) in [7, 11) is 1.65. The molecule has 1 aliphatic rings. The second-order valence-electron chi connectivity index (χ2n) is 7.88. The van der Waals surface area contributed by atoms with Crippen molar-refractivity contribution in [1.82, 2.24) is 15.6 Å². The van der Waals surface area contributed by atoms with Gasteiger partial charge in [0.05, 0.1) is 28.1 Å². The minimum absolute atomic E-state index is 0.226. The van der Waals surface area contributed by atoms with Crippen molar-refractivity contribution >= 4 is 40.4 Å². The van der Waals surface area contributed by atoms with Crippen molar-refractivity contribution in [3.63, 3.8) is 0 Å². The summed E-state index contributed by atoms with van der Waals surface area (Å²) in [5, 5.41) is 9.83. The number of hydrogen-bond donors (Lipinski definition) is 3. The van der Waals surface area contributed by atoms with E-state index in [1.54, 1.807) is 25.6 Å². The van der Waals surface area contributed by atoms with Crippen LogP contribution in [0.25, 0.3) is 0 Å². The molecule has 2 heterocycles. The number of para-hydroxylation sites is 1. The predicted molar refractivity (Wildman–Crippen MR) is 130 cm³/mol. The molecule has 0 radical (unpaired) electrons. The van der Waals surface area contributed by atoms with Crippen LogP contribution in [0.15, 0.2) is 54.0 Å². The Morgan fingerprint density at radius 1 is 1.31 bits per heavy atom. The van der Waals surface area contributed by atoms with Gasteiger partial charge in [0, 0.05) is 44.1 Å². The number of methoxy groups -OCH3 is 1. The second kappa shape index (κ2) is 10.8. The number of carbonyl (C=O) groups excluding carboxylic acids is 1. The Labute approximate surface area is 198 Å². The van der Waals surface area contributed by atoms with E-state index < -0.39 is 5.60 Å². The Hall–Kier alpha value is -2.68. The zero-order valence-corrected chi connectivity index (χ0v) is 19.9. The molecule has 1 aromatic heterocycles. The molecule has 1 aliphatic heterocycles. The van der Waals surface area contributed by atoms with E-state index in [2.05, 4.69) is 20.9 Å². The summed E-state index contributed by atoms with van der Waals surface area (Å²) in [6.45, 7) is 5.26. The van der Waals surface area contributed by atoms with E-state index in [4.69, 9.17) is 33.3 Å². The molecular formula is C23H27ClN4O3S. The summed E-state index contributed by atoms with van der Waals surface area (Å²) in [4.78, 5) is 17.1. The summed E-state index contributed by atoms with van der Waals surface area (Å²) in [5.41, 5.74) is 2.31. The van der Waals surface area contributed by atoms with Crippen LogP contribution >= 0.6 is 23.8 Å². The van der Waals surface area contributed by atoms with Crippen molar-refractivity contribution in [2.75, 3.05) is 25.6 Å². The molecular weight excluding hydrogens is 448 g/mol. The molecule has 7 nitrogen and oxygen atoms in total. The maximum absolute atomic E-state index is 12.6. The Bertz CT molecular complexity index is 1030. The van der Waals surface area contributed by atoms with Gasteiger partial charge in [-0.05, 0) is 32.0 Å². The van der Waals surface area contributed by atoms with E-state index >= 15 is 0 Å². The van der Waals surface area contributed by atoms with E-state index in [1.165, 1.54) is 0 Å². The maximum Gasteiger partial charge on any atom is 0.256 e. The third kappa shape index (κ3) is 6.18. The molecule has 0 bridgehead atoms. The minimum atomic E-state index is -0.422. The number of amides is 1. The first-order valence-corrected chi connectivity index (χ1v) is 11.0. The van der Waals surface area contributed by atoms with Crippen LogP contribution in [0.3, 0.4) is 0 Å². The largest absolute Gasteiger partial charge is 0.489 e. The van der Waals surface area contributed by atoms with Crippen molar-refractivity contribution in [1.29, 1.82) is 0 Å². The Morgan fingerprint density at radius 3 is 2.84 bits per heavy atom. The van der Waals surface area contributed by atoms with Gasteiger partial charge in [0.25, 0.3) is 5.91 Å². The lowest BCUT2D eigenvalue weighted by atomic mass is 10.1. The van der Waals surface area contributed by atoms with Gasteiger partial charge in [0.1, 0.15) is 17.3 Å². The molecule has 0 saturated carbocycles. The molecule has 9 heteroatoms. The van der Waals surface area contributed by atoms with Gasteiger partial charge in [-0.1, -0.05) is 36.0 Å². The van der Waals surface area contributed by atoms with Gasteiger partial charge in [-0.2, -0.15) is 0 Å². The summed E-state index contributed by atoms with van der Waals surface area (Å²) in [6.07, 6.45) is 4.01. The third-order valence-electron chi connectivity index (χ3n) is 5.03. The van der Waals surface area contributed by atoms with Crippen molar-refractivity contribution in [2.45, 2.75) is 32.4 Å². The number of benzene rings is 1. The normalized spacial score (nSPS) is 14.1. The fourth-order valence-electron chi connectivity index (χ4n) is 3.01. The lowest BCUT2D eigenvalue weighted by Gasteiger charge is -2.25. The lowest BCUT2D eigenvalue weighted by molar-refractivity contribution is -0.117. The number of halogens is 1. The van der Waals surface area contributed by atoms with Crippen LogP contribution in [0, 0.1) is 0 Å². The molecule has 3 N–H and O–H groups in total. The molecule has 0 aliphatic carbocycles. The van der Waals surface area contributed by atoms with Gasteiger partial charge in [-0.25, -0.2) is 0 Å². The van der Waals surface area contributed by atoms with E-state index in [9.17, 15) is 4.79 Å². The number of nitrogens with zero attached hydrogens (tertiary/aromatic N) is 1. The van der Waals surface area contributed by atoms with Crippen molar-refractivity contribution in [3.8, 4) is 5.75 Å². The van der Waals surface area contributed by atoms with Gasteiger partial charge in [-0.3, -0.25) is 9.78 Å². The monoisotopic (exact) mass is 474 g/mol. The number of aromatic nitrogens is 1. The molecule has 32 heavy (non-hydrogen) atoms. The quantitative estimate of drug-likeness (QED) is 0.476. The van der Waals surface area contributed by atoms with Crippen LogP contribution in [0.5, 0.6) is 5.75 Å². The highest BCUT2D eigenvalue weighted by Gasteiger charge is 2.25. The van der Waals surface area contributed by atoms with Gasteiger partial charge in [0.2, 0.25) is 0 Å². The smallest absolute Gasteiger partial charge is 0.256 e. The number of thiocarbonyl (C=S) groups is 1. The molecule has 0 unspecified atom stereocenters. The minimum Gasteiger partial charge on any atom is -0.489 e. The van der Waals surface area contributed by atoms with E-state index in [-0.39, 0.29) is 5.91 Å². The van der Waals surface area contributed by atoms with E-state index in [0.717, 1.165) is 11.3 Å². The average Bonchev–Trinajstić information content (AvgIpc) is 2.78. The first-order valence-electron chi connectivity index (χ1n) is 10.2. The molecule has 0 fully saturated rings. The first kappa shape index (κ1) is 24.0. The van der Waals surface area contributed by atoms with Crippen LogP contribution in [-0.2, 0) is 16.1 Å². The summed E-state index contributed by atoms with van der Waals surface area (Å²) < 4.78 is 11.4. The fraction of sp³-hybridized carbons (Fsp3) is 0.348. The molecule has 170 valence electrons. The van der Waals surface area contributed by atoms with Crippen LogP contribution in [0.4, 0.5) is 5.69 Å². The molecule has 0 saturated heterocycles. The number of rotatable bonds is 9. The fourth-order valence-corrected chi connectivity index (χ4v) is 3.52. The van der Waals surface area contributed by atoms with Crippen LogP contribution in [0.1, 0.15) is 25.8 Å². The number of pyridine rings is 1. The van der Waals surface area contributed by atoms with Crippen LogP contribution in [0.2, 0.25) is 5.02 Å². The lowest BCUT2D eigenvalue weighted by Crippen LogP contribution is -2.39. The summed E-state index contributed by atoms with van der Waals surface area (Å²) in [6, 6.07) is 9.13. The first-order chi connectivity index (χ1) is 15.3. The molecule has 1 aromatic carbocycles. The maximum atomic E-state index is 12.6. The SMILES string of the molecule is COC(C)(C)COc1cnccc1CNC1=C(C(=S)Nc2ccccc2Cl)C(=O)NCC1. The van der Waals surface area contributed by atoms with Crippen molar-refractivity contribution < 1.29 is 14.3 Å². The van der Waals surface area contributed by atoms with E-state index in [0.29, 0.717) is 53.1 Å². The highest BCUT2D eigenvalue weighted by molar-refractivity contribution is 7.81. The highest BCUT2D eigenvalue weighted by atomic mass is 35.5. The number of nitrogens with one attached hydrogen (secondary N) is 3. The molecule has 2 aromatic rings.